The van der Waals surface area contributed by atoms with Crippen molar-refractivity contribution in [3.05, 3.63) is 29.3 Å². The molecule has 1 fully saturated rings. The van der Waals surface area contributed by atoms with Gasteiger partial charge in [-0.05, 0) is 51.0 Å². The zero-order valence-electron chi connectivity index (χ0n) is 11.8. The lowest BCUT2D eigenvalue weighted by atomic mass is 9.95. The normalized spacial score (nSPS) is 23.2. The Morgan fingerprint density at radius 1 is 1.33 bits per heavy atom. The van der Waals surface area contributed by atoms with E-state index < -0.39 is 0 Å². The summed E-state index contributed by atoms with van der Waals surface area (Å²) in [6.07, 6.45) is 0. The first-order valence-electron chi connectivity index (χ1n) is 6.63. The molecule has 0 radical (unpaired) electrons. The largest absolute Gasteiger partial charge is 0.395 e. The summed E-state index contributed by atoms with van der Waals surface area (Å²) in [4.78, 5) is 2.40. The number of hydrogen-bond acceptors (Lipinski definition) is 3. The highest BCUT2D eigenvalue weighted by Gasteiger charge is 2.33. The van der Waals surface area contributed by atoms with Crippen molar-refractivity contribution >= 4 is 5.69 Å². The molecule has 1 unspecified atom stereocenters. The standard InChI is InChI=1S/C15H24N2O/c1-11-5-6-14(7-12(11)2)17-8-13(9-18)16-10-15(17,3)4/h5-7,13,16,18H,8-10H2,1-4H3. The zero-order chi connectivity index (χ0) is 13.3. The second kappa shape index (κ2) is 4.90. The van der Waals surface area contributed by atoms with Crippen LogP contribution in [0.3, 0.4) is 0 Å². The molecule has 0 saturated carbocycles. The van der Waals surface area contributed by atoms with Crippen molar-refractivity contribution in [2.75, 3.05) is 24.6 Å². The van der Waals surface area contributed by atoms with Crippen LogP contribution in [0.4, 0.5) is 5.69 Å². The molecule has 0 spiro atoms. The fraction of sp³-hybridized carbons (Fsp3) is 0.600. The molecule has 3 nitrogen and oxygen atoms in total. The van der Waals surface area contributed by atoms with E-state index >= 15 is 0 Å². The summed E-state index contributed by atoms with van der Waals surface area (Å²) in [6.45, 7) is 10.7. The van der Waals surface area contributed by atoms with Crippen molar-refractivity contribution in [2.24, 2.45) is 0 Å². The summed E-state index contributed by atoms with van der Waals surface area (Å²) in [5.41, 5.74) is 3.98. The molecule has 1 aliphatic heterocycles. The van der Waals surface area contributed by atoms with Gasteiger partial charge in [0, 0.05) is 30.4 Å². The average molecular weight is 248 g/mol. The molecule has 3 heteroatoms. The number of hydrogen-bond donors (Lipinski definition) is 2. The SMILES string of the molecule is Cc1ccc(N2CC(CO)NCC2(C)C)cc1C. The van der Waals surface area contributed by atoms with Crippen LogP contribution in [0.2, 0.25) is 0 Å². The summed E-state index contributed by atoms with van der Waals surface area (Å²) in [7, 11) is 0. The van der Waals surface area contributed by atoms with Gasteiger partial charge in [-0.1, -0.05) is 6.07 Å². The molecule has 0 bridgehead atoms. The number of benzene rings is 1. The first-order valence-corrected chi connectivity index (χ1v) is 6.63. The minimum Gasteiger partial charge on any atom is -0.395 e. The maximum atomic E-state index is 9.34. The third-order valence-electron chi connectivity index (χ3n) is 3.98. The van der Waals surface area contributed by atoms with Crippen LogP contribution in [0.1, 0.15) is 25.0 Å². The van der Waals surface area contributed by atoms with Crippen LogP contribution in [0.25, 0.3) is 0 Å². The Kier molecular flexibility index (Phi) is 3.64. The zero-order valence-corrected chi connectivity index (χ0v) is 11.8. The van der Waals surface area contributed by atoms with Crippen LogP contribution in [0.5, 0.6) is 0 Å². The Hall–Kier alpha value is -1.06. The number of rotatable bonds is 2. The summed E-state index contributed by atoms with van der Waals surface area (Å²) in [5, 5.41) is 12.7. The summed E-state index contributed by atoms with van der Waals surface area (Å²) in [6, 6.07) is 6.77. The van der Waals surface area contributed by atoms with E-state index in [1.807, 2.05) is 0 Å². The first-order chi connectivity index (χ1) is 8.44. The van der Waals surface area contributed by atoms with Gasteiger partial charge in [0.25, 0.3) is 0 Å². The maximum Gasteiger partial charge on any atom is 0.0601 e. The highest BCUT2D eigenvalue weighted by Crippen LogP contribution is 2.28. The van der Waals surface area contributed by atoms with Gasteiger partial charge < -0.3 is 15.3 Å². The highest BCUT2D eigenvalue weighted by molar-refractivity contribution is 5.53. The van der Waals surface area contributed by atoms with E-state index in [0.29, 0.717) is 0 Å². The minimum atomic E-state index is 0.0768. The maximum absolute atomic E-state index is 9.34. The van der Waals surface area contributed by atoms with Gasteiger partial charge in [-0.15, -0.1) is 0 Å². The Balaban J connectivity index is 2.30. The summed E-state index contributed by atoms with van der Waals surface area (Å²) >= 11 is 0. The molecule has 0 amide bonds. The minimum absolute atomic E-state index is 0.0768. The Morgan fingerprint density at radius 3 is 2.67 bits per heavy atom. The van der Waals surface area contributed by atoms with Gasteiger partial charge in [0.05, 0.1) is 6.61 Å². The van der Waals surface area contributed by atoms with E-state index in [1.54, 1.807) is 0 Å². The number of aryl methyl sites for hydroxylation is 2. The van der Waals surface area contributed by atoms with Gasteiger partial charge in [-0.2, -0.15) is 0 Å². The molecule has 1 saturated heterocycles. The van der Waals surface area contributed by atoms with Gasteiger partial charge >= 0.3 is 0 Å². The second-order valence-corrected chi connectivity index (χ2v) is 5.95. The van der Waals surface area contributed by atoms with Gasteiger partial charge in [-0.3, -0.25) is 0 Å². The van der Waals surface area contributed by atoms with Crippen molar-refractivity contribution < 1.29 is 5.11 Å². The van der Waals surface area contributed by atoms with Crippen LogP contribution in [-0.2, 0) is 0 Å². The summed E-state index contributed by atoms with van der Waals surface area (Å²) in [5.74, 6) is 0. The molecule has 18 heavy (non-hydrogen) atoms. The predicted octanol–water partition coefficient (Wildman–Crippen LogP) is 1.85. The van der Waals surface area contributed by atoms with E-state index in [0.717, 1.165) is 13.1 Å². The lowest BCUT2D eigenvalue weighted by Gasteiger charge is -2.47. The third kappa shape index (κ3) is 2.52. The fourth-order valence-electron chi connectivity index (χ4n) is 2.49. The molecule has 1 atom stereocenters. The van der Waals surface area contributed by atoms with Crippen LogP contribution in [-0.4, -0.2) is 36.4 Å². The monoisotopic (exact) mass is 248 g/mol. The molecule has 1 heterocycles. The van der Waals surface area contributed by atoms with Crippen LogP contribution in [0, 0.1) is 13.8 Å². The molecule has 1 aromatic rings. The van der Waals surface area contributed by atoms with Gasteiger partial charge in [0.1, 0.15) is 0 Å². The predicted molar refractivity (Wildman–Crippen MR) is 76.2 cm³/mol. The number of aliphatic hydroxyl groups excluding tert-OH is 1. The average Bonchev–Trinajstić information content (AvgIpc) is 2.33. The number of anilines is 1. The molecule has 0 aliphatic carbocycles. The molecule has 0 aromatic heterocycles. The summed E-state index contributed by atoms with van der Waals surface area (Å²) < 4.78 is 0. The van der Waals surface area contributed by atoms with Gasteiger partial charge in [-0.25, -0.2) is 0 Å². The van der Waals surface area contributed by atoms with Crippen molar-refractivity contribution in [1.29, 1.82) is 0 Å². The quantitative estimate of drug-likeness (QED) is 0.838. The van der Waals surface area contributed by atoms with Crippen molar-refractivity contribution in [3.8, 4) is 0 Å². The Morgan fingerprint density at radius 2 is 2.06 bits per heavy atom. The molecule has 1 aromatic carbocycles. The molecule has 1 aliphatic rings. The molecule has 2 N–H and O–H groups in total. The Bertz CT molecular complexity index is 429. The number of nitrogens with one attached hydrogen (secondary N) is 1. The van der Waals surface area contributed by atoms with Crippen molar-refractivity contribution in [2.45, 2.75) is 39.3 Å². The van der Waals surface area contributed by atoms with E-state index in [9.17, 15) is 5.11 Å². The smallest absolute Gasteiger partial charge is 0.0601 e. The van der Waals surface area contributed by atoms with E-state index in [-0.39, 0.29) is 18.2 Å². The van der Waals surface area contributed by atoms with E-state index in [1.165, 1.54) is 16.8 Å². The number of piperazine rings is 1. The lowest BCUT2D eigenvalue weighted by molar-refractivity contribution is 0.210. The molecule has 100 valence electrons. The molecule has 2 rings (SSSR count). The van der Waals surface area contributed by atoms with E-state index in [4.69, 9.17) is 0 Å². The van der Waals surface area contributed by atoms with Crippen molar-refractivity contribution in [3.63, 3.8) is 0 Å². The fourth-order valence-corrected chi connectivity index (χ4v) is 2.49. The van der Waals surface area contributed by atoms with Gasteiger partial charge in [0.2, 0.25) is 0 Å². The van der Waals surface area contributed by atoms with Crippen LogP contribution >= 0.6 is 0 Å². The van der Waals surface area contributed by atoms with Crippen LogP contribution < -0.4 is 10.2 Å². The number of nitrogens with zero attached hydrogens (tertiary/aromatic N) is 1. The first kappa shape index (κ1) is 13.4. The molecular formula is C15H24N2O. The van der Waals surface area contributed by atoms with Crippen molar-refractivity contribution in [1.82, 2.24) is 5.32 Å². The lowest BCUT2D eigenvalue weighted by Crippen LogP contribution is -2.63. The van der Waals surface area contributed by atoms with Crippen LogP contribution in [0.15, 0.2) is 18.2 Å². The topological polar surface area (TPSA) is 35.5 Å². The second-order valence-electron chi connectivity index (χ2n) is 5.95. The van der Waals surface area contributed by atoms with E-state index in [2.05, 4.69) is 56.1 Å². The highest BCUT2D eigenvalue weighted by atomic mass is 16.3. The number of aliphatic hydroxyl groups is 1. The molecular weight excluding hydrogens is 224 g/mol. The van der Waals surface area contributed by atoms with Gasteiger partial charge in [0.15, 0.2) is 0 Å². The Labute approximate surface area is 110 Å². The third-order valence-corrected chi connectivity index (χ3v) is 3.98.